The van der Waals surface area contributed by atoms with Crippen LogP contribution in [0.2, 0.25) is 0 Å². The molecule has 3 N–H and O–H groups in total. The Hall–Kier alpha value is -0.610. The van der Waals surface area contributed by atoms with Crippen LogP contribution in [0.4, 0.5) is 0 Å². The first kappa shape index (κ1) is 12.4. The van der Waals surface area contributed by atoms with E-state index >= 15 is 0 Å². The number of piperazine rings is 1. The second kappa shape index (κ2) is 8.01. The van der Waals surface area contributed by atoms with Crippen molar-refractivity contribution in [2.45, 2.75) is 32.7 Å². The minimum absolute atomic E-state index is 0.292. The summed E-state index contributed by atoms with van der Waals surface area (Å²) in [4.78, 5) is 9.60. The number of carboxylic acid groups (broad SMARTS) is 1. The lowest BCUT2D eigenvalue weighted by Crippen LogP contribution is -2.46. The van der Waals surface area contributed by atoms with Gasteiger partial charge in [0, 0.05) is 32.1 Å². The Morgan fingerprint density at radius 1 is 1.54 bits per heavy atom. The first-order chi connectivity index (χ1) is 6.16. The Bertz CT molecular complexity index is 134. The Morgan fingerprint density at radius 3 is 2.38 bits per heavy atom. The van der Waals surface area contributed by atoms with Gasteiger partial charge in [0.1, 0.15) is 0 Å². The van der Waals surface area contributed by atoms with Gasteiger partial charge < -0.3 is 15.7 Å². The summed E-state index contributed by atoms with van der Waals surface area (Å²) in [5.41, 5.74) is 0. The van der Waals surface area contributed by atoms with E-state index in [2.05, 4.69) is 17.6 Å². The van der Waals surface area contributed by atoms with Crippen LogP contribution in [-0.4, -0.2) is 36.8 Å². The predicted molar refractivity (Wildman–Crippen MR) is 52.9 cm³/mol. The number of carbonyl (C=O) groups is 1. The van der Waals surface area contributed by atoms with E-state index < -0.39 is 5.97 Å². The third-order valence-electron chi connectivity index (χ3n) is 1.71. The molecule has 0 spiro atoms. The van der Waals surface area contributed by atoms with Crippen molar-refractivity contribution in [3.63, 3.8) is 0 Å². The number of hydrogen-bond donors (Lipinski definition) is 3. The largest absolute Gasteiger partial charge is 0.481 e. The molecule has 0 saturated carbocycles. The van der Waals surface area contributed by atoms with Crippen molar-refractivity contribution in [2.24, 2.45) is 0 Å². The van der Waals surface area contributed by atoms with Gasteiger partial charge >= 0.3 is 5.97 Å². The first-order valence-electron chi connectivity index (χ1n) is 4.82. The second-order valence-corrected chi connectivity index (χ2v) is 3.20. The monoisotopic (exact) mass is 188 g/mol. The summed E-state index contributed by atoms with van der Waals surface area (Å²) >= 11 is 0. The van der Waals surface area contributed by atoms with Gasteiger partial charge in [-0.25, -0.2) is 0 Å². The van der Waals surface area contributed by atoms with Gasteiger partial charge in [-0.2, -0.15) is 0 Å². The fourth-order valence-corrected chi connectivity index (χ4v) is 1.01. The highest BCUT2D eigenvalue weighted by atomic mass is 16.4. The van der Waals surface area contributed by atoms with Crippen molar-refractivity contribution in [1.29, 1.82) is 0 Å². The SMILES string of the molecule is CC1CNCCN1.CCCC(=O)O. The summed E-state index contributed by atoms with van der Waals surface area (Å²) in [7, 11) is 0. The van der Waals surface area contributed by atoms with Crippen molar-refractivity contribution in [3.8, 4) is 0 Å². The molecule has 0 bridgehead atoms. The molecule has 78 valence electrons. The van der Waals surface area contributed by atoms with Crippen LogP contribution in [0.25, 0.3) is 0 Å². The summed E-state index contributed by atoms with van der Waals surface area (Å²) in [5, 5.41) is 14.5. The predicted octanol–water partition coefficient (Wildman–Crippen LogP) is 0.439. The van der Waals surface area contributed by atoms with E-state index in [0.717, 1.165) is 26.1 Å². The highest BCUT2D eigenvalue weighted by Crippen LogP contribution is 1.82. The maximum absolute atomic E-state index is 9.60. The van der Waals surface area contributed by atoms with Crippen LogP contribution < -0.4 is 10.6 Å². The second-order valence-electron chi connectivity index (χ2n) is 3.20. The van der Waals surface area contributed by atoms with E-state index in [1.54, 1.807) is 0 Å². The smallest absolute Gasteiger partial charge is 0.303 e. The Balaban J connectivity index is 0.000000226. The average Bonchev–Trinajstić information content (AvgIpc) is 2.06. The fraction of sp³-hybridized carbons (Fsp3) is 0.889. The van der Waals surface area contributed by atoms with Crippen molar-refractivity contribution in [3.05, 3.63) is 0 Å². The number of rotatable bonds is 2. The van der Waals surface area contributed by atoms with Crippen LogP contribution in [0, 0.1) is 0 Å². The maximum Gasteiger partial charge on any atom is 0.303 e. The molecule has 1 heterocycles. The maximum atomic E-state index is 9.60. The minimum Gasteiger partial charge on any atom is -0.481 e. The van der Waals surface area contributed by atoms with Crippen LogP contribution in [0.1, 0.15) is 26.7 Å². The molecule has 1 fully saturated rings. The summed E-state index contributed by atoms with van der Waals surface area (Å²) in [6.07, 6.45) is 1.02. The summed E-state index contributed by atoms with van der Waals surface area (Å²) in [6.45, 7) is 7.41. The molecular weight excluding hydrogens is 168 g/mol. The lowest BCUT2D eigenvalue weighted by molar-refractivity contribution is -0.137. The van der Waals surface area contributed by atoms with Crippen LogP contribution >= 0.6 is 0 Å². The van der Waals surface area contributed by atoms with Gasteiger partial charge in [0.05, 0.1) is 0 Å². The topological polar surface area (TPSA) is 61.4 Å². The molecule has 0 amide bonds. The average molecular weight is 188 g/mol. The minimum atomic E-state index is -0.711. The number of carboxylic acids is 1. The summed E-state index contributed by atoms with van der Waals surface area (Å²) < 4.78 is 0. The van der Waals surface area contributed by atoms with E-state index in [-0.39, 0.29) is 0 Å². The van der Waals surface area contributed by atoms with E-state index in [9.17, 15) is 4.79 Å². The van der Waals surface area contributed by atoms with Gasteiger partial charge in [0.25, 0.3) is 0 Å². The molecule has 1 atom stereocenters. The third kappa shape index (κ3) is 9.30. The zero-order valence-electron chi connectivity index (χ0n) is 8.47. The number of nitrogens with one attached hydrogen (secondary N) is 2. The van der Waals surface area contributed by atoms with Crippen molar-refractivity contribution in [2.75, 3.05) is 19.6 Å². The van der Waals surface area contributed by atoms with E-state index in [1.165, 1.54) is 0 Å². The Labute approximate surface area is 79.7 Å². The van der Waals surface area contributed by atoms with Gasteiger partial charge in [-0.05, 0) is 13.3 Å². The molecular formula is C9H20N2O2. The van der Waals surface area contributed by atoms with Crippen LogP contribution in [0.15, 0.2) is 0 Å². The Morgan fingerprint density at radius 2 is 2.23 bits per heavy atom. The molecule has 0 aromatic carbocycles. The normalized spacial score (nSPS) is 21.5. The zero-order valence-corrected chi connectivity index (χ0v) is 8.47. The van der Waals surface area contributed by atoms with Crippen molar-refractivity contribution >= 4 is 5.97 Å². The molecule has 0 aromatic heterocycles. The van der Waals surface area contributed by atoms with Gasteiger partial charge in [-0.1, -0.05) is 6.92 Å². The van der Waals surface area contributed by atoms with Crippen LogP contribution in [0.5, 0.6) is 0 Å². The van der Waals surface area contributed by atoms with Gasteiger partial charge in [-0.15, -0.1) is 0 Å². The molecule has 0 aromatic rings. The fourth-order valence-electron chi connectivity index (χ4n) is 1.01. The molecule has 1 rings (SSSR count). The molecule has 0 aliphatic carbocycles. The van der Waals surface area contributed by atoms with E-state index in [1.807, 2.05) is 6.92 Å². The van der Waals surface area contributed by atoms with Crippen molar-refractivity contribution in [1.82, 2.24) is 10.6 Å². The highest BCUT2D eigenvalue weighted by molar-refractivity contribution is 5.66. The van der Waals surface area contributed by atoms with E-state index in [0.29, 0.717) is 12.5 Å². The van der Waals surface area contributed by atoms with Gasteiger partial charge in [-0.3, -0.25) is 4.79 Å². The quantitative estimate of drug-likeness (QED) is 0.588. The molecule has 1 aliphatic heterocycles. The molecule has 1 unspecified atom stereocenters. The lowest BCUT2D eigenvalue weighted by atomic mass is 10.3. The molecule has 4 heteroatoms. The lowest BCUT2D eigenvalue weighted by Gasteiger charge is -2.19. The summed E-state index contributed by atoms with van der Waals surface area (Å²) in [5.74, 6) is -0.711. The van der Waals surface area contributed by atoms with Gasteiger partial charge in [0.2, 0.25) is 0 Å². The highest BCUT2D eigenvalue weighted by Gasteiger charge is 2.03. The summed E-state index contributed by atoms with van der Waals surface area (Å²) in [6, 6.07) is 0.675. The number of hydrogen-bond acceptors (Lipinski definition) is 3. The zero-order chi connectivity index (χ0) is 10.1. The molecule has 0 radical (unpaired) electrons. The third-order valence-corrected chi connectivity index (χ3v) is 1.71. The molecule has 13 heavy (non-hydrogen) atoms. The first-order valence-corrected chi connectivity index (χ1v) is 4.82. The van der Waals surface area contributed by atoms with Crippen LogP contribution in [0.3, 0.4) is 0 Å². The number of aliphatic carboxylic acids is 1. The van der Waals surface area contributed by atoms with Gasteiger partial charge in [0.15, 0.2) is 0 Å². The van der Waals surface area contributed by atoms with E-state index in [4.69, 9.17) is 5.11 Å². The molecule has 4 nitrogen and oxygen atoms in total. The molecule has 1 saturated heterocycles. The molecule has 1 aliphatic rings. The van der Waals surface area contributed by atoms with Crippen LogP contribution in [-0.2, 0) is 4.79 Å². The van der Waals surface area contributed by atoms with Crippen molar-refractivity contribution < 1.29 is 9.90 Å². The Kier molecular flexibility index (Phi) is 7.63. The standard InChI is InChI=1S/C5H12N2.C4H8O2/c1-5-4-6-2-3-7-5;1-2-3-4(5)6/h5-7H,2-4H2,1H3;2-3H2,1H3,(H,5,6).